The highest BCUT2D eigenvalue weighted by atomic mass is 19.4. The van der Waals surface area contributed by atoms with E-state index in [1.54, 1.807) is 25.1 Å². The van der Waals surface area contributed by atoms with Crippen LogP contribution >= 0.6 is 0 Å². The summed E-state index contributed by atoms with van der Waals surface area (Å²) < 4.78 is 45.6. The van der Waals surface area contributed by atoms with Crippen LogP contribution in [0.1, 0.15) is 38.3 Å². The van der Waals surface area contributed by atoms with Gasteiger partial charge in [-0.1, -0.05) is 39.0 Å². The van der Waals surface area contributed by atoms with E-state index < -0.39 is 29.1 Å². The van der Waals surface area contributed by atoms with Gasteiger partial charge < -0.3 is 14.9 Å². The standard InChI is InChI=1S/C17H23F3O4/c1-6-12(16(23,14(21)22)17(18,19)20)15(3,4)11-9-7-8-10(2)13(11)24-5/h7-9,12,23H,6H2,1-5H3,(H,21,22). The molecule has 24 heavy (non-hydrogen) atoms. The summed E-state index contributed by atoms with van der Waals surface area (Å²) in [5.74, 6) is -3.53. The number of ether oxygens (including phenoxy) is 1. The second-order valence-corrected chi connectivity index (χ2v) is 6.41. The minimum Gasteiger partial charge on any atom is -0.496 e. The number of alkyl halides is 3. The molecule has 0 amide bonds. The Balaban J connectivity index is 3.64. The van der Waals surface area contributed by atoms with Crippen LogP contribution in [0.5, 0.6) is 5.75 Å². The topological polar surface area (TPSA) is 66.8 Å². The number of benzene rings is 1. The van der Waals surface area contributed by atoms with Gasteiger partial charge in [0.25, 0.3) is 5.60 Å². The number of carbonyl (C=O) groups is 1. The van der Waals surface area contributed by atoms with Crippen LogP contribution in [-0.4, -0.2) is 35.1 Å². The molecule has 2 N–H and O–H groups in total. The third-order valence-corrected chi connectivity index (χ3v) is 4.65. The highest BCUT2D eigenvalue weighted by Crippen LogP contribution is 2.49. The normalized spacial score (nSPS) is 16.4. The van der Waals surface area contributed by atoms with E-state index in [9.17, 15) is 23.1 Å². The summed E-state index contributed by atoms with van der Waals surface area (Å²) in [5.41, 5.74) is -4.04. The fraction of sp³-hybridized carbons (Fsp3) is 0.588. The molecule has 0 saturated heterocycles. The van der Waals surface area contributed by atoms with E-state index >= 15 is 0 Å². The number of hydrogen-bond donors (Lipinski definition) is 2. The molecule has 136 valence electrons. The van der Waals surface area contributed by atoms with Gasteiger partial charge in [0.05, 0.1) is 7.11 Å². The maximum atomic E-state index is 13.4. The Bertz CT molecular complexity index is 610. The Morgan fingerprint density at radius 2 is 1.83 bits per heavy atom. The minimum absolute atomic E-state index is 0.188. The molecule has 0 aliphatic carbocycles. The molecule has 1 aromatic rings. The molecule has 0 radical (unpaired) electrons. The van der Waals surface area contributed by atoms with E-state index in [4.69, 9.17) is 9.84 Å². The van der Waals surface area contributed by atoms with Crippen molar-refractivity contribution in [3.05, 3.63) is 29.3 Å². The zero-order valence-corrected chi connectivity index (χ0v) is 14.4. The summed E-state index contributed by atoms with van der Waals surface area (Å²) in [7, 11) is 1.40. The lowest BCUT2D eigenvalue weighted by Crippen LogP contribution is -2.61. The van der Waals surface area contributed by atoms with E-state index in [1.165, 1.54) is 27.9 Å². The van der Waals surface area contributed by atoms with Gasteiger partial charge in [-0.3, -0.25) is 0 Å². The third kappa shape index (κ3) is 3.09. The van der Waals surface area contributed by atoms with Crippen molar-refractivity contribution in [2.75, 3.05) is 7.11 Å². The van der Waals surface area contributed by atoms with Crippen molar-refractivity contribution in [2.45, 2.75) is 51.3 Å². The van der Waals surface area contributed by atoms with Gasteiger partial charge in [-0.15, -0.1) is 0 Å². The molecule has 1 rings (SSSR count). The van der Waals surface area contributed by atoms with Crippen LogP contribution in [-0.2, 0) is 10.2 Å². The lowest BCUT2D eigenvalue weighted by Gasteiger charge is -2.43. The molecule has 0 saturated carbocycles. The lowest BCUT2D eigenvalue weighted by atomic mass is 9.64. The van der Waals surface area contributed by atoms with Crippen molar-refractivity contribution >= 4 is 5.97 Å². The van der Waals surface area contributed by atoms with Crippen molar-refractivity contribution < 1.29 is 32.9 Å². The Morgan fingerprint density at radius 1 is 1.29 bits per heavy atom. The second kappa shape index (κ2) is 6.63. The lowest BCUT2D eigenvalue weighted by molar-refractivity contribution is -0.282. The summed E-state index contributed by atoms with van der Waals surface area (Å²) in [5, 5.41) is 19.3. The summed E-state index contributed by atoms with van der Waals surface area (Å²) in [6.07, 6.45) is -5.50. The molecule has 0 bridgehead atoms. The molecule has 1 aromatic carbocycles. The first kappa shape index (κ1) is 20.3. The Morgan fingerprint density at radius 3 is 2.21 bits per heavy atom. The first-order valence-electron chi connectivity index (χ1n) is 7.52. The third-order valence-electron chi connectivity index (χ3n) is 4.65. The average Bonchev–Trinajstić information content (AvgIpc) is 2.45. The number of aliphatic carboxylic acids is 1. The monoisotopic (exact) mass is 348 g/mol. The van der Waals surface area contributed by atoms with Gasteiger partial charge >= 0.3 is 12.1 Å². The fourth-order valence-corrected chi connectivity index (χ4v) is 3.41. The average molecular weight is 348 g/mol. The van der Waals surface area contributed by atoms with Gasteiger partial charge in [0, 0.05) is 11.5 Å². The van der Waals surface area contributed by atoms with E-state index in [0.29, 0.717) is 16.9 Å². The van der Waals surface area contributed by atoms with Crippen LogP contribution in [0, 0.1) is 12.8 Å². The van der Waals surface area contributed by atoms with Gasteiger partial charge in [-0.25, -0.2) is 4.79 Å². The molecule has 0 aromatic heterocycles. The summed E-state index contributed by atoms with van der Waals surface area (Å²) in [6.45, 7) is 6.14. The predicted molar refractivity (Wildman–Crippen MR) is 83.2 cm³/mol. The van der Waals surface area contributed by atoms with Crippen LogP contribution in [0.15, 0.2) is 18.2 Å². The predicted octanol–water partition coefficient (Wildman–Crippen LogP) is 3.69. The Kier molecular flexibility index (Phi) is 5.60. The largest absolute Gasteiger partial charge is 0.496 e. The molecule has 4 nitrogen and oxygen atoms in total. The molecule has 0 spiro atoms. The molecular weight excluding hydrogens is 325 g/mol. The number of halogens is 3. The van der Waals surface area contributed by atoms with Gasteiger partial charge in [0.15, 0.2) is 0 Å². The van der Waals surface area contributed by atoms with Crippen LogP contribution in [0.25, 0.3) is 0 Å². The van der Waals surface area contributed by atoms with E-state index in [0.717, 1.165) is 0 Å². The van der Waals surface area contributed by atoms with Crippen molar-refractivity contribution in [2.24, 2.45) is 5.92 Å². The second-order valence-electron chi connectivity index (χ2n) is 6.41. The molecule has 0 fully saturated rings. The fourth-order valence-electron chi connectivity index (χ4n) is 3.41. The summed E-state index contributed by atoms with van der Waals surface area (Å²) >= 11 is 0. The van der Waals surface area contributed by atoms with Crippen LogP contribution in [0.4, 0.5) is 13.2 Å². The van der Waals surface area contributed by atoms with Gasteiger partial charge in [0.1, 0.15) is 5.75 Å². The van der Waals surface area contributed by atoms with Gasteiger partial charge in [-0.05, 0) is 24.3 Å². The summed E-state index contributed by atoms with van der Waals surface area (Å²) in [6, 6.07) is 4.99. The highest BCUT2D eigenvalue weighted by molar-refractivity contribution is 5.79. The maximum absolute atomic E-state index is 13.4. The number of aryl methyl sites for hydroxylation is 1. The van der Waals surface area contributed by atoms with Crippen LogP contribution < -0.4 is 4.74 Å². The van der Waals surface area contributed by atoms with Gasteiger partial charge in [-0.2, -0.15) is 13.2 Å². The molecule has 0 aliphatic rings. The van der Waals surface area contributed by atoms with E-state index in [2.05, 4.69) is 0 Å². The number of hydrogen-bond acceptors (Lipinski definition) is 3. The first-order valence-corrected chi connectivity index (χ1v) is 7.52. The number of rotatable bonds is 6. The molecule has 7 heteroatoms. The van der Waals surface area contributed by atoms with Crippen molar-refractivity contribution in [3.63, 3.8) is 0 Å². The van der Waals surface area contributed by atoms with Crippen molar-refractivity contribution in [3.8, 4) is 5.75 Å². The molecular formula is C17H23F3O4. The zero-order chi connectivity index (χ0) is 18.9. The number of carboxylic acid groups (broad SMARTS) is 1. The zero-order valence-electron chi connectivity index (χ0n) is 14.4. The smallest absolute Gasteiger partial charge is 0.428 e. The quantitative estimate of drug-likeness (QED) is 0.823. The molecule has 0 aliphatic heterocycles. The number of carboxylic acids is 1. The molecule has 2 atom stereocenters. The molecule has 2 unspecified atom stereocenters. The Labute approximate surface area is 139 Å². The van der Waals surface area contributed by atoms with E-state index in [-0.39, 0.29) is 6.42 Å². The first-order chi connectivity index (χ1) is 10.9. The van der Waals surface area contributed by atoms with Crippen molar-refractivity contribution in [1.29, 1.82) is 0 Å². The van der Waals surface area contributed by atoms with Gasteiger partial charge in [0.2, 0.25) is 0 Å². The number of aliphatic hydroxyl groups is 1. The Hall–Kier alpha value is -1.76. The highest BCUT2D eigenvalue weighted by Gasteiger charge is 2.67. The number of para-hydroxylation sites is 1. The van der Waals surface area contributed by atoms with E-state index in [1.807, 2.05) is 0 Å². The summed E-state index contributed by atoms with van der Waals surface area (Å²) in [4.78, 5) is 11.4. The van der Waals surface area contributed by atoms with Crippen molar-refractivity contribution in [1.82, 2.24) is 0 Å². The van der Waals surface area contributed by atoms with Crippen LogP contribution in [0.2, 0.25) is 0 Å². The maximum Gasteiger partial charge on any atom is 0.428 e. The number of methoxy groups -OCH3 is 1. The molecule has 0 heterocycles. The van der Waals surface area contributed by atoms with Crippen LogP contribution in [0.3, 0.4) is 0 Å². The minimum atomic E-state index is -5.31. The SMILES string of the molecule is CCC(C(C)(C)c1cccc(C)c1OC)C(O)(C(=O)O)C(F)(F)F.